The van der Waals surface area contributed by atoms with Crippen LogP contribution in [0.4, 0.5) is 4.39 Å². The van der Waals surface area contributed by atoms with Gasteiger partial charge in [0.25, 0.3) is 0 Å². The van der Waals surface area contributed by atoms with Crippen molar-refractivity contribution in [3.63, 3.8) is 0 Å². The number of fused-ring (bicyclic) bond motifs is 1. The molecule has 0 bridgehead atoms. The summed E-state index contributed by atoms with van der Waals surface area (Å²) in [7, 11) is 0. The van der Waals surface area contributed by atoms with Gasteiger partial charge in [0.1, 0.15) is 11.6 Å². The smallest absolute Gasteiger partial charge is 0.224 e. The van der Waals surface area contributed by atoms with Crippen molar-refractivity contribution in [2.45, 2.75) is 38.8 Å². The van der Waals surface area contributed by atoms with Crippen LogP contribution in [0, 0.1) is 12.7 Å². The van der Waals surface area contributed by atoms with Crippen LogP contribution in [-0.2, 0) is 17.8 Å². The molecule has 0 aliphatic carbocycles. The summed E-state index contributed by atoms with van der Waals surface area (Å²) in [6.45, 7) is 4.17. The normalized spacial score (nSPS) is 17.7. The average Bonchev–Trinajstić information content (AvgIpc) is 3.03. The molecule has 1 fully saturated rings. The molecule has 4 rings (SSSR count). The van der Waals surface area contributed by atoms with Gasteiger partial charge in [-0.15, -0.1) is 0 Å². The molecule has 0 radical (unpaired) electrons. The zero-order valence-electron chi connectivity index (χ0n) is 16.0. The van der Waals surface area contributed by atoms with Gasteiger partial charge in [-0.3, -0.25) is 9.69 Å². The molecule has 1 unspecified atom stereocenters. The van der Waals surface area contributed by atoms with E-state index in [2.05, 4.69) is 20.2 Å². The Balaban J connectivity index is 1.33. The molecule has 0 spiro atoms. The van der Waals surface area contributed by atoms with Crippen molar-refractivity contribution in [1.29, 1.82) is 0 Å². The zero-order chi connectivity index (χ0) is 19.5. The van der Waals surface area contributed by atoms with Crippen LogP contribution in [0.5, 0.6) is 0 Å². The number of carbonyl (C=O) groups excluding carboxylic acids is 1. The van der Waals surface area contributed by atoms with Gasteiger partial charge in [-0.25, -0.2) is 9.37 Å². The van der Waals surface area contributed by atoms with E-state index in [0.29, 0.717) is 18.5 Å². The maximum atomic E-state index is 13.9. The van der Waals surface area contributed by atoms with Crippen LogP contribution in [0.25, 0.3) is 11.0 Å². The number of amides is 1. The first kappa shape index (κ1) is 18.6. The maximum Gasteiger partial charge on any atom is 0.224 e. The molecule has 5 nitrogen and oxygen atoms in total. The van der Waals surface area contributed by atoms with Crippen molar-refractivity contribution in [2.75, 3.05) is 13.1 Å². The average molecular weight is 380 g/mol. The van der Waals surface area contributed by atoms with Crippen molar-refractivity contribution in [3.05, 3.63) is 65.2 Å². The number of nitrogens with one attached hydrogen (secondary N) is 2. The van der Waals surface area contributed by atoms with E-state index in [1.54, 1.807) is 6.07 Å². The van der Waals surface area contributed by atoms with E-state index in [1.165, 1.54) is 6.07 Å². The monoisotopic (exact) mass is 380 g/mol. The Morgan fingerprint density at radius 1 is 1.32 bits per heavy atom. The highest BCUT2D eigenvalue weighted by molar-refractivity contribution is 5.82. The van der Waals surface area contributed by atoms with Gasteiger partial charge in [-0.2, -0.15) is 0 Å². The molecule has 2 aromatic carbocycles. The lowest BCUT2D eigenvalue weighted by Crippen LogP contribution is -2.47. The molecule has 146 valence electrons. The van der Waals surface area contributed by atoms with Gasteiger partial charge in [-0.1, -0.05) is 24.3 Å². The van der Waals surface area contributed by atoms with Crippen LogP contribution < -0.4 is 5.32 Å². The van der Waals surface area contributed by atoms with Gasteiger partial charge < -0.3 is 10.3 Å². The minimum Gasteiger partial charge on any atom is -0.352 e. The third-order valence-corrected chi connectivity index (χ3v) is 5.25. The van der Waals surface area contributed by atoms with Gasteiger partial charge in [0.2, 0.25) is 5.91 Å². The van der Waals surface area contributed by atoms with Crippen LogP contribution in [0.3, 0.4) is 0 Å². The molecular formula is C22H25FN4O. The molecule has 1 aromatic heterocycles. The first-order chi connectivity index (χ1) is 13.6. The summed E-state index contributed by atoms with van der Waals surface area (Å²) < 4.78 is 13.9. The van der Waals surface area contributed by atoms with E-state index >= 15 is 0 Å². The van der Waals surface area contributed by atoms with E-state index in [0.717, 1.165) is 48.4 Å². The number of aromatic amines is 1. The van der Waals surface area contributed by atoms with Crippen LogP contribution in [0.15, 0.2) is 42.5 Å². The Morgan fingerprint density at radius 2 is 2.18 bits per heavy atom. The van der Waals surface area contributed by atoms with Crippen LogP contribution in [-0.4, -0.2) is 39.9 Å². The number of halogens is 1. The van der Waals surface area contributed by atoms with E-state index in [-0.39, 0.29) is 17.8 Å². The molecule has 6 heteroatoms. The van der Waals surface area contributed by atoms with Crippen molar-refractivity contribution in [2.24, 2.45) is 0 Å². The number of nitrogens with zero attached hydrogens (tertiary/aromatic N) is 2. The molecule has 1 saturated heterocycles. The second-order valence-electron chi connectivity index (χ2n) is 7.58. The quantitative estimate of drug-likeness (QED) is 0.714. The summed E-state index contributed by atoms with van der Waals surface area (Å²) in [5, 5.41) is 3.15. The van der Waals surface area contributed by atoms with Gasteiger partial charge in [0.05, 0.1) is 17.5 Å². The standard InChI is InChI=1S/C22H25FN4O/c1-15-24-20-9-8-16(11-21(20)25-15)12-22(28)26-18-6-4-10-27(14-18)13-17-5-2-3-7-19(17)23/h2-3,5,7-9,11,18H,4,6,10,12-14H2,1H3,(H,24,25)(H,26,28). The highest BCUT2D eigenvalue weighted by Crippen LogP contribution is 2.17. The number of aromatic nitrogens is 2. The minimum absolute atomic E-state index is 0.0216. The molecule has 1 atom stereocenters. The van der Waals surface area contributed by atoms with Gasteiger partial charge in [-0.05, 0) is 50.1 Å². The summed E-state index contributed by atoms with van der Waals surface area (Å²) in [5.41, 5.74) is 3.54. The third kappa shape index (κ3) is 4.39. The molecule has 1 aliphatic heterocycles. The fraction of sp³-hybridized carbons (Fsp3) is 0.364. The number of likely N-dealkylation sites (tertiary alicyclic amines) is 1. The second kappa shape index (κ2) is 8.10. The summed E-state index contributed by atoms with van der Waals surface area (Å²) in [4.78, 5) is 22.3. The Hall–Kier alpha value is -2.73. The van der Waals surface area contributed by atoms with Crippen molar-refractivity contribution in [3.8, 4) is 0 Å². The Morgan fingerprint density at radius 3 is 3.04 bits per heavy atom. The number of piperidine rings is 1. The predicted octanol–water partition coefficient (Wildman–Crippen LogP) is 3.33. The van der Waals surface area contributed by atoms with Crippen molar-refractivity contribution >= 4 is 16.9 Å². The number of H-pyrrole nitrogens is 1. The highest BCUT2D eigenvalue weighted by Gasteiger charge is 2.22. The molecule has 0 saturated carbocycles. The summed E-state index contributed by atoms with van der Waals surface area (Å²) in [6.07, 6.45) is 2.30. The lowest BCUT2D eigenvalue weighted by atomic mass is 10.0. The minimum atomic E-state index is -0.168. The van der Waals surface area contributed by atoms with E-state index < -0.39 is 0 Å². The van der Waals surface area contributed by atoms with Gasteiger partial charge >= 0.3 is 0 Å². The summed E-state index contributed by atoms with van der Waals surface area (Å²) >= 11 is 0. The molecule has 1 aliphatic rings. The van der Waals surface area contributed by atoms with E-state index in [1.807, 2.05) is 37.3 Å². The van der Waals surface area contributed by atoms with Crippen LogP contribution in [0.2, 0.25) is 0 Å². The van der Waals surface area contributed by atoms with Crippen molar-refractivity contribution in [1.82, 2.24) is 20.2 Å². The maximum absolute atomic E-state index is 13.9. The highest BCUT2D eigenvalue weighted by atomic mass is 19.1. The topological polar surface area (TPSA) is 61.0 Å². The van der Waals surface area contributed by atoms with Gasteiger partial charge in [0.15, 0.2) is 0 Å². The molecule has 3 aromatic rings. The van der Waals surface area contributed by atoms with Crippen LogP contribution >= 0.6 is 0 Å². The number of aryl methyl sites for hydroxylation is 1. The van der Waals surface area contributed by atoms with E-state index in [4.69, 9.17) is 0 Å². The molecule has 1 amide bonds. The predicted molar refractivity (Wildman–Crippen MR) is 107 cm³/mol. The number of imidazole rings is 1. The van der Waals surface area contributed by atoms with Gasteiger partial charge in [0, 0.05) is 24.7 Å². The number of benzene rings is 2. The first-order valence-corrected chi connectivity index (χ1v) is 9.77. The second-order valence-corrected chi connectivity index (χ2v) is 7.58. The molecule has 2 N–H and O–H groups in total. The summed E-state index contributed by atoms with van der Waals surface area (Å²) in [5.74, 6) is 0.722. The Labute approximate surface area is 164 Å². The number of carbonyl (C=O) groups is 1. The first-order valence-electron chi connectivity index (χ1n) is 9.77. The lowest BCUT2D eigenvalue weighted by Gasteiger charge is -2.33. The molecule has 28 heavy (non-hydrogen) atoms. The van der Waals surface area contributed by atoms with E-state index in [9.17, 15) is 9.18 Å². The molecule has 2 heterocycles. The van der Waals surface area contributed by atoms with Crippen molar-refractivity contribution < 1.29 is 9.18 Å². The largest absolute Gasteiger partial charge is 0.352 e. The number of hydrogen-bond acceptors (Lipinski definition) is 3. The summed E-state index contributed by atoms with van der Waals surface area (Å²) in [6, 6.07) is 12.9. The van der Waals surface area contributed by atoms with Crippen LogP contribution in [0.1, 0.15) is 29.8 Å². The fourth-order valence-corrected chi connectivity index (χ4v) is 3.94. The lowest BCUT2D eigenvalue weighted by molar-refractivity contribution is -0.121. The molecular weight excluding hydrogens is 355 g/mol. The zero-order valence-corrected chi connectivity index (χ0v) is 16.0. The SMILES string of the molecule is Cc1nc2ccc(CC(=O)NC3CCCN(Cc4ccccc4F)C3)cc2[nH]1. The number of rotatable bonds is 5. The number of hydrogen-bond donors (Lipinski definition) is 2. The Kier molecular flexibility index (Phi) is 5.39. The Bertz CT molecular complexity index is 984. The fourth-order valence-electron chi connectivity index (χ4n) is 3.94. The third-order valence-electron chi connectivity index (χ3n) is 5.25.